The Labute approximate surface area is 189 Å². The fourth-order valence-corrected chi connectivity index (χ4v) is 8.86. The molecule has 1 aromatic heterocycles. The van der Waals surface area contributed by atoms with E-state index in [-0.39, 0.29) is 12.0 Å². The predicted molar refractivity (Wildman–Crippen MR) is 126 cm³/mol. The Balaban J connectivity index is 1.45. The summed E-state index contributed by atoms with van der Waals surface area (Å²) in [5, 5.41) is 15.5. The van der Waals surface area contributed by atoms with Gasteiger partial charge in [-0.2, -0.15) is 5.10 Å². The number of nitrogens with two attached hydrogens (primary N) is 1. The van der Waals surface area contributed by atoms with Gasteiger partial charge in [-0.3, -0.25) is 4.68 Å². The fraction of sp³-hybridized carbons (Fsp3) is 0.889. The summed E-state index contributed by atoms with van der Waals surface area (Å²) in [5.74, 6) is 3.11. The van der Waals surface area contributed by atoms with Crippen molar-refractivity contribution in [1.82, 2.24) is 9.78 Å². The van der Waals surface area contributed by atoms with Crippen molar-refractivity contribution in [3.05, 3.63) is 17.5 Å². The topological polar surface area (TPSA) is 64.1 Å². The Morgan fingerprint density at radius 1 is 1.06 bits per heavy atom. The molecule has 0 radical (unpaired) electrons. The third-order valence-corrected chi connectivity index (χ3v) is 11.1. The van der Waals surface area contributed by atoms with Crippen LogP contribution < -0.4 is 5.73 Å². The van der Waals surface area contributed by atoms with Gasteiger partial charge in [0, 0.05) is 12.3 Å². The predicted octanol–water partition coefficient (Wildman–Crippen LogP) is 5.14. The van der Waals surface area contributed by atoms with Crippen LogP contribution in [0.15, 0.2) is 6.20 Å². The normalized spacial score (nSPS) is 43.6. The molecule has 1 aromatic rings. The molecule has 0 aromatic carbocycles. The lowest BCUT2D eigenvalue weighted by atomic mass is 9.49. The van der Waals surface area contributed by atoms with E-state index in [4.69, 9.17) is 10.8 Å². The number of hydrogen-bond donors (Lipinski definition) is 2. The molecule has 0 spiro atoms. The average molecular weight is 428 g/mol. The van der Waals surface area contributed by atoms with Crippen molar-refractivity contribution in [3.63, 3.8) is 0 Å². The van der Waals surface area contributed by atoms with Gasteiger partial charge >= 0.3 is 0 Å². The molecular formula is C27H45N3O. The second kappa shape index (κ2) is 8.17. The van der Waals surface area contributed by atoms with E-state index in [0.29, 0.717) is 29.2 Å². The highest BCUT2D eigenvalue weighted by Gasteiger charge is 2.57. The van der Waals surface area contributed by atoms with Gasteiger partial charge in [0.05, 0.1) is 12.2 Å². The van der Waals surface area contributed by atoms with Gasteiger partial charge in [-0.1, -0.05) is 40.0 Å². The molecule has 1 heterocycles. The fourth-order valence-electron chi connectivity index (χ4n) is 8.86. The van der Waals surface area contributed by atoms with E-state index in [9.17, 15) is 5.11 Å². The monoisotopic (exact) mass is 427 g/mol. The van der Waals surface area contributed by atoms with Crippen LogP contribution in [0.25, 0.3) is 0 Å². The van der Waals surface area contributed by atoms with Gasteiger partial charge in [-0.25, -0.2) is 0 Å². The molecule has 4 aliphatic rings. The van der Waals surface area contributed by atoms with Crippen molar-refractivity contribution in [2.75, 3.05) is 13.2 Å². The molecule has 4 nitrogen and oxygen atoms in total. The SMILES string of the molecule is C[C@H]1CC[C@H]2[C@H](CN)[C@@H]([C@@]3(C)Cc4cnn(C5CCCCC5)c4C[C@@H]3CO)CC[C@]12C. The first kappa shape index (κ1) is 21.9. The van der Waals surface area contributed by atoms with Crippen LogP contribution in [-0.4, -0.2) is 28.0 Å². The Morgan fingerprint density at radius 2 is 1.81 bits per heavy atom. The summed E-state index contributed by atoms with van der Waals surface area (Å²) in [6, 6.07) is 0.577. The Kier molecular flexibility index (Phi) is 5.78. The summed E-state index contributed by atoms with van der Waals surface area (Å²) in [4.78, 5) is 0. The molecular weight excluding hydrogens is 382 g/mol. The maximum Gasteiger partial charge on any atom is 0.0525 e. The van der Waals surface area contributed by atoms with Crippen LogP contribution in [0, 0.1) is 40.4 Å². The number of aliphatic hydroxyl groups is 1. The molecule has 3 fully saturated rings. The van der Waals surface area contributed by atoms with Crippen LogP contribution in [0.1, 0.15) is 95.9 Å². The van der Waals surface area contributed by atoms with Gasteiger partial charge in [-0.15, -0.1) is 0 Å². The number of rotatable bonds is 4. The van der Waals surface area contributed by atoms with Gasteiger partial charge in [-0.05, 0) is 104 Å². The minimum atomic E-state index is 0.124. The lowest BCUT2D eigenvalue weighted by molar-refractivity contribution is -0.0693. The van der Waals surface area contributed by atoms with Crippen LogP contribution in [-0.2, 0) is 12.8 Å². The van der Waals surface area contributed by atoms with E-state index in [1.165, 1.54) is 69.0 Å². The zero-order valence-electron chi connectivity index (χ0n) is 20.2. The molecule has 5 rings (SSSR count). The Morgan fingerprint density at radius 3 is 2.52 bits per heavy atom. The van der Waals surface area contributed by atoms with E-state index in [2.05, 4.69) is 31.6 Å². The third kappa shape index (κ3) is 3.34. The van der Waals surface area contributed by atoms with Crippen molar-refractivity contribution in [2.45, 2.75) is 97.4 Å². The quantitative estimate of drug-likeness (QED) is 0.699. The first-order chi connectivity index (χ1) is 14.9. The zero-order valence-corrected chi connectivity index (χ0v) is 20.2. The lowest BCUT2D eigenvalue weighted by Crippen LogP contribution is -2.53. The van der Waals surface area contributed by atoms with Gasteiger partial charge in [0.2, 0.25) is 0 Å². The molecule has 0 bridgehead atoms. The van der Waals surface area contributed by atoms with Crippen LogP contribution in [0.2, 0.25) is 0 Å². The van der Waals surface area contributed by atoms with E-state index >= 15 is 0 Å². The largest absolute Gasteiger partial charge is 0.396 e. The van der Waals surface area contributed by atoms with Gasteiger partial charge in [0.25, 0.3) is 0 Å². The number of aromatic nitrogens is 2. The van der Waals surface area contributed by atoms with Crippen LogP contribution in [0.5, 0.6) is 0 Å². The minimum Gasteiger partial charge on any atom is -0.396 e. The highest BCUT2D eigenvalue weighted by Crippen LogP contribution is 2.63. The molecule has 4 aliphatic carbocycles. The first-order valence-corrected chi connectivity index (χ1v) is 13.3. The summed E-state index contributed by atoms with van der Waals surface area (Å²) < 4.78 is 2.37. The summed E-state index contributed by atoms with van der Waals surface area (Å²) in [5.41, 5.74) is 10.0. The molecule has 0 aliphatic heterocycles. The van der Waals surface area contributed by atoms with E-state index in [1.807, 2.05) is 0 Å². The van der Waals surface area contributed by atoms with Crippen molar-refractivity contribution in [1.29, 1.82) is 0 Å². The lowest BCUT2D eigenvalue weighted by Gasteiger charge is -2.56. The number of aliphatic hydroxyl groups excluding tert-OH is 1. The Bertz CT molecular complexity index is 783. The standard InChI is InChI=1S/C27H45N3O/c1-18-9-10-23-22(15-28)24(11-12-26(18,23)2)27(3)14-19-16-29-30(21-7-5-4-6-8-21)25(19)13-20(27)17-31/h16,18,20-24,31H,4-15,17,28H2,1-3H3/t18-,20+,22-,23-,24-,26+,27-/m0/s1. The molecule has 174 valence electrons. The van der Waals surface area contributed by atoms with Crippen LogP contribution >= 0.6 is 0 Å². The van der Waals surface area contributed by atoms with Crippen molar-refractivity contribution in [3.8, 4) is 0 Å². The molecule has 4 heteroatoms. The average Bonchev–Trinajstić information content (AvgIpc) is 3.32. The molecule has 0 saturated heterocycles. The van der Waals surface area contributed by atoms with Gasteiger partial charge in [0.15, 0.2) is 0 Å². The van der Waals surface area contributed by atoms with Crippen molar-refractivity contribution >= 4 is 0 Å². The molecule has 3 N–H and O–H groups in total. The zero-order chi connectivity index (χ0) is 21.8. The number of hydrogen-bond acceptors (Lipinski definition) is 3. The first-order valence-electron chi connectivity index (χ1n) is 13.3. The van der Waals surface area contributed by atoms with E-state index in [1.54, 1.807) is 0 Å². The van der Waals surface area contributed by atoms with Gasteiger partial charge < -0.3 is 10.8 Å². The van der Waals surface area contributed by atoms with Crippen molar-refractivity contribution < 1.29 is 5.11 Å². The maximum absolute atomic E-state index is 10.6. The van der Waals surface area contributed by atoms with Crippen LogP contribution in [0.4, 0.5) is 0 Å². The molecule has 31 heavy (non-hydrogen) atoms. The highest BCUT2D eigenvalue weighted by molar-refractivity contribution is 5.26. The number of nitrogens with zero attached hydrogens (tertiary/aromatic N) is 2. The molecule has 0 amide bonds. The third-order valence-electron chi connectivity index (χ3n) is 11.1. The highest BCUT2D eigenvalue weighted by atomic mass is 16.3. The van der Waals surface area contributed by atoms with Gasteiger partial charge in [0.1, 0.15) is 0 Å². The number of fused-ring (bicyclic) bond motifs is 2. The smallest absolute Gasteiger partial charge is 0.0525 e. The molecule has 3 saturated carbocycles. The molecule has 7 atom stereocenters. The summed E-state index contributed by atoms with van der Waals surface area (Å²) in [7, 11) is 0. The summed E-state index contributed by atoms with van der Waals surface area (Å²) >= 11 is 0. The second-order valence-corrected chi connectivity index (χ2v) is 12.3. The van der Waals surface area contributed by atoms with E-state index in [0.717, 1.165) is 31.2 Å². The van der Waals surface area contributed by atoms with Crippen LogP contribution in [0.3, 0.4) is 0 Å². The molecule has 0 unspecified atom stereocenters. The van der Waals surface area contributed by atoms with Crippen molar-refractivity contribution in [2.24, 2.45) is 46.2 Å². The Hall–Kier alpha value is -0.870. The summed E-state index contributed by atoms with van der Waals surface area (Å²) in [6.45, 7) is 8.60. The second-order valence-electron chi connectivity index (χ2n) is 12.3. The van der Waals surface area contributed by atoms with E-state index < -0.39 is 0 Å². The summed E-state index contributed by atoms with van der Waals surface area (Å²) in [6.07, 6.45) is 16.1. The minimum absolute atomic E-state index is 0.124. The maximum atomic E-state index is 10.6.